The van der Waals surface area contributed by atoms with Gasteiger partial charge in [-0.1, -0.05) is 91.9 Å². The average molecular weight is 226 g/mol. The molecule has 0 saturated carbocycles. The molecule has 0 bridgehead atoms. The number of hydrogen-bond acceptors (Lipinski definition) is 0. The van der Waals surface area contributed by atoms with Gasteiger partial charge >= 0.3 is 0 Å². The molecule has 0 N–H and O–H groups in total. The summed E-state index contributed by atoms with van der Waals surface area (Å²) in [5, 5.41) is 0. The summed E-state index contributed by atoms with van der Waals surface area (Å²) < 4.78 is 0. The van der Waals surface area contributed by atoms with Crippen molar-refractivity contribution in [3.05, 3.63) is 0 Å². The number of rotatable bonds is 11. The standard InChI is InChI=1S/C16H34/c1-5-8-9-12-15(4)13-14-16(10-6-2)11-7-3/h15-16H,5-14H2,1-4H3. The molecule has 0 fully saturated rings. The Balaban J connectivity index is 3.56. The Morgan fingerprint density at radius 1 is 0.625 bits per heavy atom. The Labute approximate surface area is 104 Å². The lowest BCUT2D eigenvalue weighted by molar-refractivity contribution is 0.350. The molecule has 0 aromatic heterocycles. The molecule has 0 heterocycles. The third-order valence-electron chi connectivity index (χ3n) is 3.76. The summed E-state index contributed by atoms with van der Waals surface area (Å²) in [5.74, 6) is 1.98. The van der Waals surface area contributed by atoms with Crippen LogP contribution in [0.3, 0.4) is 0 Å². The first kappa shape index (κ1) is 16.0. The van der Waals surface area contributed by atoms with Gasteiger partial charge in [-0.25, -0.2) is 0 Å². The van der Waals surface area contributed by atoms with Crippen molar-refractivity contribution in [3.8, 4) is 0 Å². The third kappa shape index (κ3) is 9.24. The smallest absolute Gasteiger partial charge is 0.0414 e. The summed E-state index contributed by atoms with van der Waals surface area (Å²) in [5.41, 5.74) is 0. The average Bonchev–Trinajstić information content (AvgIpc) is 2.27. The molecule has 0 nitrogen and oxygen atoms in total. The van der Waals surface area contributed by atoms with Gasteiger partial charge in [0, 0.05) is 0 Å². The molecule has 1 atom stereocenters. The summed E-state index contributed by atoms with van der Waals surface area (Å²) >= 11 is 0. The number of unbranched alkanes of at least 4 members (excludes halogenated alkanes) is 2. The van der Waals surface area contributed by atoms with E-state index in [4.69, 9.17) is 0 Å². The van der Waals surface area contributed by atoms with E-state index in [0.29, 0.717) is 0 Å². The van der Waals surface area contributed by atoms with E-state index in [1.807, 2.05) is 0 Å². The van der Waals surface area contributed by atoms with E-state index in [1.165, 1.54) is 64.2 Å². The van der Waals surface area contributed by atoms with Crippen LogP contribution in [-0.2, 0) is 0 Å². The van der Waals surface area contributed by atoms with Crippen molar-refractivity contribution in [2.24, 2.45) is 11.8 Å². The minimum Gasteiger partial charge on any atom is -0.0654 e. The highest BCUT2D eigenvalue weighted by molar-refractivity contribution is 4.62. The predicted octanol–water partition coefficient (Wildman–Crippen LogP) is 6.20. The molecule has 0 spiro atoms. The van der Waals surface area contributed by atoms with Crippen molar-refractivity contribution < 1.29 is 0 Å². The second-order valence-electron chi connectivity index (χ2n) is 5.62. The van der Waals surface area contributed by atoms with Gasteiger partial charge in [-0.3, -0.25) is 0 Å². The lowest BCUT2D eigenvalue weighted by Crippen LogP contribution is -2.04. The molecule has 0 amide bonds. The van der Waals surface area contributed by atoms with Crippen LogP contribution in [0.15, 0.2) is 0 Å². The topological polar surface area (TPSA) is 0 Å². The van der Waals surface area contributed by atoms with E-state index in [9.17, 15) is 0 Å². The van der Waals surface area contributed by atoms with Crippen molar-refractivity contribution in [2.45, 2.75) is 91.9 Å². The fourth-order valence-electron chi connectivity index (χ4n) is 2.66. The van der Waals surface area contributed by atoms with Crippen molar-refractivity contribution >= 4 is 0 Å². The zero-order valence-corrected chi connectivity index (χ0v) is 12.2. The zero-order valence-electron chi connectivity index (χ0n) is 12.2. The van der Waals surface area contributed by atoms with E-state index in [2.05, 4.69) is 27.7 Å². The van der Waals surface area contributed by atoms with E-state index in [1.54, 1.807) is 0 Å². The highest BCUT2D eigenvalue weighted by Gasteiger charge is 2.09. The molecule has 0 aromatic carbocycles. The lowest BCUT2D eigenvalue weighted by Gasteiger charge is -2.18. The highest BCUT2D eigenvalue weighted by Crippen LogP contribution is 2.24. The van der Waals surface area contributed by atoms with Gasteiger partial charge in [0.25, 0.3) is 0 Å². The zero-order chi connectivity index (χ0) is 12.2. The van der Waals surface area contributed by atoms with Crippen LogP contribution in [0.1, 0.15) is 91.9 Å². The molecule has 1 unspecified atom stereocenters. The van der Waals surface area contributed by atoms with Gasteiger partial charge < -0.3 is 0 Å². The summed E-state index contributed by atoms with van der Waals surface area (Å²) in [6, 6.07) is 0. The predicted molar refractivity (Wildman–Crippen MR) is 75.8 cm³/mol. The lowest BCUT2D eigenvalue weighted by atomic mass is 9.88. The summed E-state index contributed by atoms with van der Waals surface area (Å²) in [6.07, 6.45) is 14.3. The van der Waals surface area contributed by atoms with Crippen LogP contribution in [-0.4, -0.2) is 0 Å². The maximum atomic E-state index is 2.45. The minimum atomic E-state index is 0.961. The summed E-state index contributed by atoms with van der Waals surface area (Å²) in [4.78, 5) is 0. The van der Waals surface area contributed by atoms with Crippen LogP contribution < -0.4 is 0 Å². The van der Waals surface area contributed by atoms with Gasteiger partial charge in [0.1, 0.15) is 0 Å². The van der Waals surface area contributed by atoms with E-state index < -0.39 is 0 Å². The Hall–Kier alpha value is 0. The minimum absolute atomic E-state index is 0.961. The molecule has 0 aromatic rings. The fourth-order valence-corrected chi connectivity index (χ4v) is 2.66. The number of hydrogen-bond donors (Lipinski definition) is 0. The molecule has 0 aliphatic heterocycles. The van der Waals surface area contributed by atoms with Crippen LogP contribution >= 0.6 is 0 Å². The second kappa shape index (κ2) is 11.5. The van der Waals surface area contributed by atoms with E-state index in [0.717, 1.165) is 11.8 Å². The van der Waals surface area contributed by atoms with Gasteiger partial charge in [-0.15, -0.1) is 0 Å². The Morgan fingerprint density at radius 2 is 1.25 bits per heavy atom. The van der Waals surface area contributed by atoms with Gasteiger partial charge in [-0.2, -0.15) is 0 Å². The van der Waals surface area contributed by atoms with Crippen molar-refractivity contribution in [1.82, 2.24) is 0 Å². The van der Waals surface area contributed by atoms with Gasteiger partial charge in [0.05, 0.1) is 0 Å². The molecule has 98 valence electrons. The molecule has 0 aliphatic carbocycles. The monoisotopic (exact) mass is 226 g/mol. The van der Waals surface area contributed by atoms with E-state index in [-0.39, 0.29) is 0 Å². The Morgan fingerprint density at radius 3 is 1.75 bits per heavy atom. The summed E-state index contributed by atoms with van der Waals surface area (Å²) in [7, 11) is 0. The molecular formula is C16H34. The molecule has 0 aliphatic rings. The van der Waals surface area contributed by atoms with Gasteiger partial charge in [-0.05, 0) is 11.8 Å². The van der Waals surface area contributed by atoms with Crippen molar-refractivity contribution in [3.63, 3.8) is 0 Å². The first-order valence-electron chi connectivity index (χ1n) is 7.74. The molecule has 0 radical (unpaired) electrons. The second-order valence-corrected chi connectivity index (χ2v) is 5.62. The van der Waals surface area contributed by atoms with Gasteiger partial charge in [0.15, 0.2) is 0 Å². The van der Waals surface area contributed by atoms with Crippen LogP contribution in [0.4, 0.5) is 0 Å². The quantitative estimate of drug-likeness (QED) is 0.368. The molecule has 0 rings (SSSR count). The largest absolute Gasteiger partial charge is 0.0654 e. The molecule has 0 saturated heterocycles. The first-order chi connectivity index (χ1) is 7.74. The highest BCUT2D eigenvalue weighted by atomic mass is 14.1. The van der Waals surface area contributed by atoms with Crippen LogP contribution in [0.25, 0.3) is 0 Å². The van der Waals surface area contributed by atoms with Crippen molar-refractivity contribution in [1.29, 1.82) is 0 Å². The van der Waals surface area contributed by atoms with Crippen LogP contribution in [0.5, 0.6) is 0 Å². The van der Waals surface area contributed by atoms with Gasteiger partial charge in [0.2, 0.25) is 0 Å². The molecule has 0 heteroatoms. The van der Waals surface area contributed by atoms with Crippen LogP contribution in [0.2, 0.25) is 0 Å². The molecular weight excluding hydrogens is 192 g/mol. The van der Waals surface area contributed by atoms with Crippen LogP contribution in [0, 0.1) is 11.8 Å². The maximum Gasteiger partial charge on any atom is -0.0414 e. The first-order valence-corrected chi connectivity index (χ1v) is 7.74. The normalized spacial score (nSPS) is 13.3. The Bertz CT molecular complexity index is 122. The van der Waals surface area contributed by atoms with Crippen molar-refractivity contribution in [2.75, 3.05) is 0 Å². The van der Waals surface area contributed by atoms with E-state index >= 15 is 0 Å². The molecule has 16 heavy (non-hydrogen) atoms. The third-order valence-corrected chi connectivity index (χ3v) is 3.76. The maximum absolute atomic E-state index is 2.45. The fraction of sp³-hybridized carbons (Fsp3) is 1.00. The Kier molecular flexibility index (Phi) is 11.5. The summed E-state index contributed by atoms with van der Waals surface area (Å²) in [6.45, 7) is 9.40. The SMILES string of the molecule is CCCCCC(C)CCC(CCC)CCC.